The van der Waals surface area contributed by atoms with Crippen molar-refractivity contribution in [3.8, 4) is 0 Å². The van der Waals surface area contributed by atoms with Gasteiger partial charge in [-0.1, -0.05) is 23.8 Å². The van der Waals surface area contributed by atoms with Gasteiger partial charge < -0.3 is 10.1 Å². The van der Waals surface area contributed by atoms with Gasteiger partial charge in [-0.05, 0) is 62.9 Å². The number of hydrogen-bond acceptors (Lipinski definition) is 4. The van der Waals surface area contributed by atoms with Crippen LogP contribution in [0.4, 0.5) is 0 Å². The molecule has 2 aromatic rings. The van der Waals surface area contributed by atoms with E-state index in [-0.39, 0.29) is 42.0 Å². The molecule has 2 heterocycles. The van der Waals surface area contributed by atoms with Crippen molar-refractivity contribution in [3.05, 3.63) is 69.8 Å². The van der Waals surface area contributed by atoms with Crippen LogP contribution in [0.2, 0.25) is 0 Å². The Bertz CT molecular complexity index is 1020. The molecule has 30 heavy (non-hydrogen) atoms. The van der Waals surface area contributed by atoms with Gasteiger partial charge in [0.2, 0.25) is 0 Å². The maximum absolute atomic E-state index is 12.8. The van der Waals surface area contributed by atoms with Gasteiger partial charge >= 0.3 is 0 Å². The van der Waals surface area contributed by atoms with Gasteiger partial charge in [-0.2, -0.15) is 0 Å². The molecule has 156 valence electrons. The van der Waals surface area contributed by atoms with E-state index in [2.05, 4.69) is 11.4 Å². The van der Waals surface area contributed by atoms with Crippen LogP contribution >= 0.6 is 0 Å². The standard InChI is InChI=1S/C24H26N2O4/c1-14-6-7-15(2)20(11-14)16(3)25-22(27)17-8-9-19-21(12-17)24(29)26(23(19)28)13-18-5-4-10-30-18/h6-9,11-12,16,18H,4-5,10,13H2,1-3H3,(H,25,27). The van der Waals surface area contributed by atoms with Gasteiger partial charge in [-0.15, -0.1) is 0 Å². The van der Waals surface area contributed by atoms with Crippen LogP contribution in [0.5, 0.6) is 0 Å². The van der Waals surface area contributed by atoms with Gasteiger partial charge in [0.05, 0.1) is 29.8 Å². The third-order valence-electron chi connectivity index (χ3n) is 5.89. The first-order chi connectivity index (χ1) is 14.3. The highest BCUT2D eigenvalue weighted by Gasteiger charge is 2.38. The highest BCUT2D eigenvalue weighted by molar-refractivity contribution is 6.22. The number of ether oxygens (including phenoxy) is 1. The summed E-state index contributed by atoms with van der Waals surface area (Å²) < 4.78 is 5.57. The van der Waals surface area contributed by atoms with Crippen LogP contribution < -0.4 is 5.32 Å². The molecule has 1 saturated heterocycles. The molecule has 0 saturated carbocycles. The number of benzene rings is 2. The summed E-state index contributed by atoms with van der Waals surface area (Å²) in [6.45, 7) is 6.89. The predicted molar refractivity (Wildman–Crippen MR) is 113 cm³/mol. The molecule has 0 spiro atoms. The van der Waals surface area contributed by atoms with E-state index in [0.717, 1.165) is 29.5 Å². The van der Waals surface area contributed by atoms with Gasteiger partial charge in [-0.3, -0.25) is 19.3 Å². The molecule has 2 atom stereocenters. The van der Waals surface area contributed by atoms with E-state index in [9.17, 15) is 14.4 Å². The van der Waals surface area contributed by atoms with Gasteiger partial charge in [0.25, 0.3) is 17.7 Å². The molecule has 3 amide bonds. The minimum Gasteiger partial charge on any atom is -0.376 e. The number of hydrogen-bond donors (Lipinski definition) is 1. The Morgan fingerprint density at radius 3 is 2.63 bits per heavy atom. The molecular weight excluding hydrogens is 380 g/mol. The molecule has 0 bridgehead atoms. The Labute approximate surface area is 176 Å². The summed E-state index contributed by atoms with van der Waals surface area (Å²) in [5, 5.41) is 3.00. The zero-order chi connectivity index (χ0) is 21.4. The van der Waals surface area contributed by atoms with Crippen LogP contribution in [0.1, 0.15) is 73.6 Å². The summed E-state index contributed by atoms with van der Waals surface area (Å²) in [7, 11) is 0. The fourth-order valence-corrected chi connectivity index (χ4v) is 4.17. The van der Waals surface area contributed by atoms with Crippen molar-refractivity contribution in [2.24, 2.45) is 0 Å². The quantitative estimate of drug-likeness (QED) is 0.771. The van der Waals surface area contributed by atoms with Crippen molar-refractivity contribution in [3.63, 3.8) is 0 Å². The van der Waals surface area contributed by atoms with Gasteiger partial charge in [0.15, 0.2) is 0 Å². The third-order valence-corrected chi connectivity index (χ3v) is 5.89. The number of imide groups is 1. The first-order valence-electron chi connectivity index (χ1n) is 10.3. The molecule has 0 aromatic heterocycles. The van der Waals surface area contributed by atoms with E-state index in [1.165, 1.54) is 11.0 Å². The smallest absolute Gasteiger partial charge is 0.261 e. The van der Waals surface area contributed by atoms with E-state index < -0.39 is 0 Å². The number of rotatable bonds is 5. The Kier molecular flexibility index (Phi) is 5.43. The second-order valence-corrected chi connectivity index (χ2v) is 8.17. The van der Waals surface area contributed by atoms with Crippen molar-refractivity contribution >= 4 is 17.7 Å². The molecule has 0 aliphatic carbocycles. The van der Waals surface area contributed by atoms with Crippen LogP contribution in [-0.2, 0) is 4.74 Å². The summed E-state index contributed by atoms with van der Waals surface area (Å²) in [5.41, 5.74) is 4.28. The van der Waals surface area contributed by atoms with Crippen LogP contribution in [0.25, 0.3) is 0 Å². The Morgan fingerprint density at radius 1 is 1.13 bits per heavy atom. The monoisotopic (exact) mass is 406 g/mol. The molecular formula is C24H26N2O4. The average Bonchev–Trinajstić information content (AvgIpc) is 3.32. The first-order valence-corrected chi connectivity index (χ1v) is 10.3. The van der Waals surface area contributed by atoms with Gasteiger partial charge in [0, 0.05) is 12.2 Å². The second kappa shape index (κ2) is 8.03. The summed E-state index contributed by atoms with van der Waals surface area (Å²) in [6, 6.07) is 10.7. The second-order valence-electron chi connectivity index (χ2n) is 8.17. The summed E-state index contributed by atoms with van der Waals surface area (Å²) in [5.74, 6) is -0.951. The summed E-state index contributed by atoms with van der Waals surface area (Å²) >= 11 is 0. The lowest BCUT2D eigenvalue weighted by atomic mass is 9.99. The maximum Gasteiger partial charge on any atom is 0.261 e. The molecule has 1 fully saturated rings. The van der Waals surface area contributed by atoms with Crippen LogP contribution in [-0.4, -0.2) is 41.9 Å². The largest absolute Gasteiger partial charge is 0.376 e. The fraction of sp³-hybridized carbons (Fsp3) is 0.375. The normalized spacial score (nSPS) is 19.2. The Morgan fingerprint density at radius 2 is 1.90 bits per heavy atom. The van der Waals surface area contributed by atoms with Crippen molar-refractivity contribution in [2.45, 2.75) is 45.8 Å². The number of amides is 3. The number of nitrogens with zero attached hydrogens (tertiary/aromatic N) is 1. The average molecular weight is 406 g/mol. The predicted octanol–water partition coefficient (Wildman–Crippen LogP) is 3.57. The molecule has 0 radical (unpaired) electrons. The van der Waals surface area contributed by atoms with Crippen LogP contribution in [0.15, 0.2) is 36.4 Å². The minimum atomic E-state index is -0.359. The zero-order valence-corrected chi connectivity index (χ0v) is 17.5. The number of carbonyl (C=O) groups is 3. The molecule has 6 nitrogen and oxygen atoms in total. The lowest BCUT2D eigenvalue weighted by Gasteiger charge is -2.18. The van der Waals surface area contributed by atoms with Crippen molar-refractivity contribution < 1.29 is 19.1 Å². The highest BCUT2D eigenvalue weighted by Crippen LogP contribution is 2.26. The van der Waals surface area contributed by atoms with Crippen LogP contribution in [0.3, 0.4) is 0 Å². The minimum absolute atomic E-state index is 0.103. The molecule has 6 heteroatoms. The fourth-order valence-electron chi connectivity index (χ4n) is 4.17. The van der Waals surface area contributed by atoms with E-state index in [1.807, 2.05) is 32.9 Å². The SMILES string of the molecule is Cc1ccc(C)c(C(C)NC(=O)c2ccc3c(c2)C(=O)N(CC2CCCO2)C3=O)c1. The number of nitrogens with one attached hydrogen (secondary N) is 1. The zero-order valence-electron chi connectivity index (χ0n) is 17.5. The number of carbonyl (C=O) groups excluding carboxylic acids is 3. The van der Waals surface area contributed by atoms with Gasteiger partial charge in [0.1, 0.15) is 0 Å². The Hall–Kier alpha value is -2.99. The molecule has 4 rings (SSSR count). The Balaban J connectivity index is 1.51. The van der Waals surface area contributed by atoms with E-state index in [0.29, 0.717) is 17.7 Å². The number of fused-ring (bicyclic) bond motifs is 1. The molecule has 2 aliphatic rings. The summed E-state index contributed by atoms with van der Waals surface area (Å²) in [4.78, 5) is 39.5. The van der Waals surface area contributed by atoms with E-state index in [1.54, 1.807) is 12.1 Å². The van der Waals surface area contributed by atoms with Crippen molar-refractivity contribution in [2.75, 3.05) is 13.2 Å². The van der Waals surface area contributed by atoms with Crippen molar-refractivity contribution in [1.29, 1.82) is 0 Å². The van der Waals surface area contributed by atoms with Crippen LogP contribution in [0, 0.1) is 13.8 Å². The van der Waals surface area contributed by atoms with Gasteiger partial charge in [-0.25, -0.2) is 0 Å². The van der Waals surface area contributed by atoms with E-state index >= 15 is 0 Å². The van der Waals surface area contributed by atoms with E-state index in [4.69, 9.17) is 4.74 Å². The summed E-state index contributed by atoms with van der Waals surface area (Å²) in [6.07, 6.45) is 1.68. The lowest BCUT2D eigenvalue weighted by molar-refractivity contribution is 0.0475. The molecule has 2 unspecified atom stereocenters. The molecule has 2 aliphatic heterocycles. The maximum atomic E-state index is 12.8. The lowest BCUT2D eigenvalue weighted by Crippen LogP contribution is -2.36. The topological polar surface area (TPSA) is 75.7 Å². The number of aryl methyl sites for hydroxylation is 2. The molecule has 1 N–H and O–H groups in total. The first kappa shape index (κ1) is 20.3. The van der Waals surface area contributed by atoms with Crippen molar-refractivity contribution in [1.82, 2.24) is 10.2 Å². The molecule has 2 aromatic carbocycles. The third kappa shape index (κ3) is 3.75. The highest BCUT2D eigenvalue weighted by atomic mass is 16.5.